The van der Waals surface area contributed by atoms with E-state index in [-0.39, 0.29) is 0 Å². The molecule has 5 heteroatoms. The van der Waals surface area contributed by atoms with Crippen molar-refractivity contribution in [3.8, 4) is 39.1 Å². The molecule has 9 aromatic rings. The fourth-order valence-corrected chi connectivity index (χ4v) is 13.0. The number of nitrogens with zero attached hydrogens (tertiary/aromatic N) is 2. The number of imidazole rings is 1. The quantitative estimate of drug-likeness (QED) is 0.168. The van der Waals surface area contributed by atoms with E-state index in [0.717, 1.165) is 17.0 Å². The Labute approximate surface area is 330 Å². The van der Waals surface area contributed by atoms with Gasteiger partial charge in [0.1, 0.15) is 5.82 Å². The Kier molecular flexibility index (Phi) is 5.79. The van der Waals surface area contributed by atoms with Gasteiger partial charge < -0.3 is 0 Å². The first-order valence-electron chi connectivity index (χ1n) is 19.5. The third-order valence-electron chi connectivity index (χ3n) is 13.4. The maximum atomic E-state index is 14.4. The van der Waals surface area contributed by atoms with Crippen molar-refractivity contribution < 1.29 is 8.42 Å². The van der Waals surface area contributed by atoms with E-state index >= 15 is 0 Å². The topological polar surface area (TPSA) is 52.0 Å². The molecule has 268 valence electrons. The van der Waals surface area contributed by atoms with E-state index in [1.165, 1.54) is 66.8 Å². The Morgan fingerprint density at radius 3 is 1.46 bits per heavy atom. The first-order chi connectivity index (χ1) is 27.9. The first-order valence-corrected chi connectivity index (χ1v) is 20.9. The summed E-state index contributed by atoms with van der Waals surface area (Å²) in [5, 5.41) is 0. The molecule has 0 radical (unpaired) electrons. The number of hydrogen-bond donors (Lipinski definition) is 0. The minimum atomic E-state index is -3.81. The van der Waals surface area contributed by atoms with Crippen LogP contribution in [-0.4, -0.2) is 18.0 Å². The Morgan fingerprint density at radius 2 is 0.895 bits per heavy atom. The van der Waals surface area contributed by atoms with Crippen LogP contribution in [0, 0.1) is 6.92 Å². The molecule has 0 unspecified atom stereocenters. The standard InChI is InChI=1S/C52H32N2O2S/c1-31-53-46-23-12-24-48-50(46)54(31)47-28-26-33(30-49(47)57(48,55)56)32-25-27-37-36-15-4-7-18-40(36)52(45(37)29-32)43-21-10-8-19-41(43)51(42-20-9-11-22-44(42)52)38-16-5-2-13-34(38)35-14-3-6-17-39(35)51/h2-30H,1H3. The molecular formula is C52H32N2O2S. The van der Waals surface area contributed by atoms with Gasteiger partial charge in [0, 0.05) is 0 Å². The summed E-state index contributed by atoms with van der Waals surface area (Å²) in [6, 6.07) is 63.0. The van der Waals surface area contributed by atoms with Crippen molar-refractivity contribution in [1.82, 2.24) is 9.55 Å². The van der Waals surface area contributed by atoms with Crippen molar-refractivity contribution in [2.45, 2.75) is 27.5 Å². The second-order valence-corrected chi connectivity index (χ2v) is 17.7. The molecule has 57 heavy (non-hydrogen) atoms. The van der Waals surface area contributed by atoms with Crippen molar-refractivity contribution in [2.75, 3.05) is 0 Å². The summed E-state index contributed by atoms with van der Waals surface area (Å²) in [5.74, 6) is 0.762. The average molecular weight is 749 g/mol. The number of para-hydroxylation sites is 1. The van der Waals surface area contributed by atoms with E-state index in [1.54, 1.807) is 12.1 Å². The van der Waals surface area contributed by atoms with Crippen LogP contribution in [0.5, 0.6) is 0 Å². The predicted octanol–water partition coefficient (Wildman–Crippen LogP) is 11.2. The van der Waals surface area contributed by atoms with Crippen molar-refractivity contribution in [1.29, 1.82) is 0 Å². The highest BCUT2D eigenvalue weighted by Crippen LogP contribution is 2.67. The number of aryl methyl sites for hydroxylation is 1. The largest absolute Gasteiger partial charge is 0.294 e. The first kappa shape index (κ1) is 31.4. The van der Waals surface area contributed by atoms with Crippen molar-refractivity contribution >= 4 is 20.9 Å². The van der Waals surface area contributed by atoms with Crippen LogP contribution in [0.1, 0.15) is 50.3 Å². The zero-order chi connectivity index (χ0) is 37.8. The molecule has 1 aliphatic heterocycles. The van der Waals surface area contributed by atoms with Gasteiger partial charge in [-0.3, -0.25) is 4.57 Å². The van der Waals surface area contributed by atoms with Crippen LogP contribution in [0.4, 0.5) is 0 Å². The zero-order valence-corrected chi connectivity index (χ0v) is 31.7. The smallest absolute Gasteiger partial charge is 0.210 e. The molecule has 0 atom stereocenters. The molecule has 0 saturated carbocycles. The molecular weight excluding hydrogens is 717 g/mol. The van der Waals surface area contributed by atoms with E-state index in [2.05, 4.69) is 146 Å². The van der Waals surface area contributed by atoms with Crippen LogP contribution in [0.2, 0.25) is 0 Å². The lowest BCUT2D eigenvalue weighted by atomic mass is 9.52. The highest BCUT2D eigenvalue weighted by Gasteiger charge is 2.58. The number of benzene rings is 8. The minimum Gasteiger partial charge on any atom is -0.294 e. The fourth-order valence-electron chi connectivity index (χ4n) is 11.4. The third kappa shape index (κ3) is 3.53. The van der Waals surface area contributed by atoms with Gasteiger partial charge in [-0.1, -0.05) is 146 Å². The summed E-state index contributed by atoms with van der Waals surface area (Å²) in [6.07, 6.45) is 0. The van der Waals surface area contributed by atoms with E-state index < -0.39 is 20.7 Å². The van der Waals surface area contributed by atoms with Gasteiger partial charge in [0.05, 0.1) is 37.3 Å². The molecule has 0 amide bonds. The molecule has 13 rings (SSSR count). The van der Waals surface area contributed by atoms with Crippen molar-refractivity contribution in [3.05, 3.63) is 226 Å². The SMILES string of the molecule is Cc1nc2cccc3c2n1-c1ccc(-c2ccc4c(c2)C2(c5ccccc5-4)c4ccccc4C4(c5ccccc5-c5ccccc54)c4ccccc42)cc1S3(=O)=O. The fraction of sp³-hybridized carbons (Fsp3) is 0.0577. The Bertz CT molecular complexity index is 3310. The van der Waals surface area contributed by atoms with Crippen LogP contribution in [0.25, 0.3) is 50.1 Å². The molecule has 2 heterocycles. The molecule has 3 aliphatic carbocycles. The highest BCUT2D eigenvalue weighted by molar-refractivity contribution is 7.92. The summed E-state index contributed by atoms with van der Waals surface area (Å²) in [7, 11) is -3.81. The molecule has 0 saturated heterocycles. The number of sulfone groups is 1. The van der Waals surface area contributed by atoms with Crippen molar-refractivity contribution in [2.24, 2.45) is 0 Å². The zero-order valence-electron chi connectivity index (χ0n) is 30.9. The predicted molar refractivity (Wildman–Crippen MR) is 225 cm³/mol. The second kappa shape index (κ2) is 10.5. The van der Waals surface area contributed by atoms with Gasteiger partial charge >= 0.3 is 0 Å². The molecule has 0 fully saturated rings. The van der Waals surface area contributed by atoms with Crippen molar-refractivity contribution in [3.63, 3.8) is 0 Å². The van der Waals surface area contributed by atoms with Crippen LogP contribution in [-0.2, 0) is 20.7 Å². The molecule has 1 aromatic heterocycles. The maximum Gasteiger partial charge on any atom is 0.210 e. The van der Waals surface area contributed by atoms with Crippen LogP contribution < -0.4 is 0 Å². The highest BCUT2D eigenvalue weighted by atomic mass is 32.2. The lowest BCUT2D eigenvalue weighted by molar-refractivity contribution is 0.594. The summed E-state index contributed by atoms with van der Waals surface area (Å²) >= 11 is 0. The molecule has 4 aliphatic rings. The number of aromatic nitrogens is 2. The van der Waals surface area contributed by atoms with Gasteiger partial charge in [0.15, 0.2) is 0 Å². The maximum absolute atomic E-state index is 14.4. The van der Waals surface area contributed by atoms with Gasteiger partial charge in [-0.15, -0.1) is 0 Å². The monoisotopic (exact) mass is 748 g/mol. The van der Waals surface area contributed by atoms with E-state index in [0.29, 0.717) is 26.5 Å². The number of rotatable bonds is 1. The number of hydrogen-bond acceptors (Lipinski definition) is 3. The average Bonchev–Trinajstić information content (AvgIpc) is 3.86. The van der Waals surface area contributed by atoms with Gasteiger partial charge in [-0.2, -0.15) is 0 Å². The lowest BCUT2D eigenvalue weighted by Gasteiger charge is -2.48. The second-order valence-electron chi connectivity index (χ2n) is 15.8. The van der Waals surface area contributed by atoms with Gasteiger partial charge in [-0.25, -0.2) is 13.4 Å². The molecule has 8 aromatic carbocycles. The Morgan fingerprint density at radius 1 is 0.439 bits per heavy atom. The summed E-state index contributed by atoms with van der Waals surface area (Å²) in [4.78, 5) is 5.32. The summed E-state index contributed by atoms with van der Waals surface area (Å²) in [5.41, 5.74) is 17.8. The summed E-state index contributed by atoms with van der Waals surface area (Å²) in [6.45, 7) is 1.93. The van der Waals surface area contributed by atoms with Crippen LogP contribution in [0.3, 0.4) is 0 Å². The lowest BCUT2D eigenvalue weighted by Crippen LogP contribution is -2.43. The minimum absolute atomic E-state index is 0.299. The number of fused-ring (bicyclic) bond motifs is 18. The summed E-state index contributed by atoms with van der Waals surface area (Å²) < 4.78 is 30.8. The van der Waals surface area contributed by atoms with Gasteiger partial charge in [-0.05, 0) is 115 Å². The Balaban J connectivity index is 1.10. The molecule has 4 nitrogen and oxygen atoms in total. The van der Waals surface area contributed by atoms with E-state index in [4.69, 9.17) is 4.98 Å². The Hall–Kier alpha value is -6.82. The van der Waals surface area contributed by atoms with E-state index in [1.807, 2.05) is 29.7 Å². The van der Waals surface area contributed by atoms with Crippen LogP contribution in [0.15, 0.2) is 186 Å². The van der Waals surface area contributed by atoms with E-state index in [9.17, 15) is 8.42 Å². The normalized spacial score (nSPS) is 16.0. The van der Waals surface area contributed by atoms with Gasteiger partial charge in [0.25, 0.3) is 0 Å². The van der Waals surface area contributed by atoms with Gasteiger partial charge in [0.2, 0.25) is 9.84 Å². The molecule has 0 bridgehead atoms. The molecule has 0 N–H and O–H groups in total. The molecule has 2 spiro atoms. The third-order valence-corrected chi connectivity index (χ3v) is 15.2. The van der Waals surface area contributed by atoms with Crippen LogP contribution >= 0.6 is 0 Å².